The van der Waals surface area contributed by atoms with Gasteiger partial charge in [0.1, 0.15) is 11.5 Å². The van der Waals surface area contributed by atoms with Crippen molar-refractivity contribution in [3.05, 3.63) is 39.4 Å². The molecule has 0 saturated carbocycles. The van der Waals surface area contributed by atoms with E-state index in [1.54, 1.807) is 6.07 Å². The lowest BCUT2D eigenvalue weighted by Gasteiger charge is -2.11. The van der Waals surface area contributed by atoms with E-state index in [0.717, 1.165) is 4.88 Å². The first kappa shape index (κ1) is 12.8. The monoisotopic (exact) mass is 282 g/mol. The zero-order chi connectivity index (χ0) is 13.1. The van der Waals surface area contributed by atoms with Crippen molar-refractivity contribution < 1.29 is 4.79 Å². The molecule has 7 heteroatoms. The lowest BCUT2D eigenvalue weighted by Crippen LogP contribution is -2.27. The minimum Gasteiger partial charge on any atom is -0.382 e. The lowest BCUT2D eigenvalue weighted by molar-refractivity contribution is 0.0935. The molecule has 3 N–H and O–H groups in total. The Morgan fingerprint density at radius 3 is 2.89 bits per heavy atom. The summed E-state index contributed by atoms with van der Waals surface area (Å²) < 4.78 is 0.690. The predicted octanol–water partition coefficient (Wildman–Crippen LogP) is 2.26. The number of anilines is 1. The maximum atomic E-state index is 11.9. The summed E-state index contributed by atoms with van der Waals surface area (Å²) >= 11 is 7.27. The van der Waals surface area contributed by atoms with Crippen molar-refractivity contribution in [3.63, 3.8) is 0 Å². The molecule has 0 bridgehead atoms. The highest BCUT2D eigenvalue weighted by Gasteiger charge is 2.14. The van der Waals surface area contributed by atoms with E-state index in [4.69, 9.17) is 17.3 Å². The van der Waals surface area contributed by atoms with Crippen LogP contribution in [0, 0.1) is 0 Å². The molecule has 0 saturated heterocycles. The third-order valence-corrected chi connectivity index (χ3v) is 3.67. The Hall–Kier alpha value is -1.66. The number of nitrogens with zero attached hydrogens (tertiary/aromatic N) is 2. The summed E-state index contributed by atoms with van der Waals surface area (Å²) in [5, 5.41) is 2.81. The van der Waals surface area contributed by atoms with Crippen LogP contribution in [0.1, 0.15) is 28.3 Å². The number of carbonyl (C=O) groups excluding carboxylic acids is 1. The van der Waals surface area contributed by atoms with Crippen LogP contribution < -0.4 is 11.1 Å². The average molecular weight is 283 g/mol. The Morgan fingerprint density at radius 1 is 1.50 bits per heavy atom. The van der Waals surface area contributed by atoms with E-state index in [9.17, 15) is 4.79 Å². The molecule has 0 aliphatic rings. The lowest BCUT2D eigenvalue weighted by atomic mass is 10.2. The van der Waals surface area contributed by atoms with E-state index in [1.165, 1.54) is 23.7 Å². The van der Waals surface area contributed by atoms with Crippen molar-refractivity contribution in [2.45, 2.75) is 13.0 Å². The zero-order valence-electron chi connectivity index (χ0n) is 9.55. The van der Waals surface area contributed by atoms with Crippen molar-refractivity contribution in [2.75, 3.05) is 5.73 Å². The molecule has 0 aliphatic heterocycles. The van der Waals surface area contributed by atoms with Gasteiger partial charge in [0.2, 0.25) is 0 Å². The third kappa shape index (κ3) is 2.96. The number of halogens is 1. The van der Waals surface area contributed by atoms with Gasteiger partial charge in [0.15, 0.2) is 0 Å². The first-order valence-electron chi connectivity index (χ1n) is 5.20. The van der Waals surface area contributed by atoms with Gasteiger partial charge in [-0.15, -0.1) is 11.3 Å². The third-order valence-electron chi connectivity index (χ3n) is 2.25. The van der Waals surface area contributed by atoms with Gasteiger partial charge in [-0.3, -0.25) is 9.78 Å². The first-order chi connectivity index (χ1) is 8.56. The molecular formula is C11H11ClN4OS. The van der Waals surface area contributed by atoms with E-state index < -0.39 is 0 Å². The van der Waals surface area contributed by atoms with E-state index in [0.29, 0.717) is 4.34 Å². The maximum absolute atomic E-state index is 11.9. The molecule has 1 unspecified atom stereocenters. The molecule has 2 heterocycles. The van der Waals surface area contributed by atoms with E-state index in [-0.39, 0.29) is 23.5 Å². The normalized spacial score (nSPS) is 12.1. The van der Waals surface area contributed by atoms with Gasteiger partial charge in [-0.2, -0.15) is 0 Å². The van der Waals surface area contributed by atoms with Crippen molar-refractivity contribution in [3.8, 4) is 0 Å². The minimum atomic E-state index is -0.313. The quantitative estimate of drug-likeness (QED) is 0.905. The largest absolute Gasteiger partial charge is 0.382 e. The number of hydrogen-bond acceptors (Lipinski definition) is 5. The summed E-state index contributed by atoms with van der Waals surface area (Å²) in [4.78, 5) is 20.6. The van der Waals surface area contributed by atoms with Gasteiger partial charge in [0, 0.05) is 4.88 Å². The van der Waals surface area contributed by atoms with Crippen molar-refractivity contribution in [2.24, 2.45) is 0 Å². The Morgan fingerprint density at radius 2 is 2.28 bits per heavy atom. The molecular weight excluding hydrogens is 272 g/mol. The van der Waals surface area contributed by atoms with E-state index >= 15 is 0 Å². The van der Waals surface area contributed by atoms with Crippen LogP contribution in [0.4, 0.5) is 5.82 Å². The molecule has 2 rings (SSSR count). The molecule has 0 aromatic carbocycles. The summed E-state index contributed by atoms with van der Waals surface area (Å²) in [6.45, 7) is 1.87. The molecule has 5 nitrogen and oxygen atoms in total. The SMILES string of the molecule is CC(NC(=O)c1cncc(N)n1)c1ccc(Cl)s1. The number of nitrogens with two attached hydrogens (primary N) is 1. The highest BCUT2D eigenvalue weighted by atomic mass is 35.5. The highest BCUT2D eigenvalue weighted by Crippen LogP contribution is 2.26. The fourth-order valence-electron chi connectivity index (χ4n) is 1.39. The molecule has 18 heavy (non-hydrogen) atoms. The fourth-order valence-corrected chi connectivity index (χ4v) is 2.46. The van der Waals surface area contributed by atoms with Crippen LogP contribution in [0.25, 0.3) is 0 Å². The Labute approximate surface area is 113 Å². The Balaban J connectivity index is 2.08. The molecule has 0 fully saturated rings. The topological polar surface area (TPSA) is 80.9 Å². The summed E-state index contributed by atoms with van der Waals surface area (Å²) in [7, 11) is 0. The molecule has 2 aromatic heterocycles. The van der Waals surface area contributed by atoms with Gasteiger partial charge in [0.05, 0.1) is 22.8 Å². The second-order valence-electron chi connectivity index (χ2n) is 3.67. The van der Waals surface area contributed by atoms with Crippen LogP contribution in [0.5, 0.6) is 0 Å². The number of thiophene rings is 1. The molecule has 0 spiro atoms. The van der Waals surface area contributed by atoms with Crippen LogP contribution >= 0.6 is 22.9 Å². The van der Waals surface area contributed by atoms with Gasteiger partial charge >= 0.3 is 0 Å². The van der Waals surface area contributed by atoms with Gasteiger partial charge in [-0.1, -0.05) is 11.6 Å². The van der Waals surface area contributed by atoms with Gasteiger partial charge in [0.25, 0.3) is 5.91 Å². The van der Waals surface area contributed by atoms with E-state index in [2.05, 4.69) is 15.3 Å². The molecule has 0 aliphatic carbocycles. The number of nitrogens with one attached hydrogen (secondary N) is 1. The second-order valence-corrected chi connectivity index (χ2v) is 5.41. The maximum Gasteiger partial charge on any atom is 0.272 e. The number of aromatic nitrogens is 2. The minimum absolute atomic E-state index is 0.141. The summed E-state index contributed by atoms with van der Waals surface area (Å²) in [5.41, 5.74) is 5.67. The van der Waals surface area contributed by atoms with Crippen LogP contribution in [0.2, 0.25) is 4.34 Å². The van der Waals surface area contributed by atoms with Crippen molar-refractivity contribution in [1.29, 1.82) is 0 Å². The van der Waals surface area contributed by atoms with Crippen molar-refractivity contribution >= 4 is 34.7 Å². The zero-order valence-corrected chi connectivity index (χ0v) is 11.1. The predicted molar refractivity (Wildman–Crippen MR) is 71.7 cm³/mol. The van der Waals surface area contributed by atoms with E-state index in [1.807, 2.05) is 13.0 Å². The number of nitrogen functional groups attached to an aromatic ring is 1. The summed E-state index contributed by atoms with van der Waals surface area (Å²) in [6.07, 6.45) is 2.76. The molecule has 1 amide bonds. The number of hydrogen-bond donors (Lipinski definition) is 2. The van der Waals surface area contributed by atoms with Crippen LogP contribution in [0.3, 0.4) is 0 Å². The molecule has 94 valence electrons. The number of amides is 1. The standard InChI is InChI=1S/C11H11ClN4OS/c1-6(8-2-3-9(12)18-8)15-11(17)7-4-14-5-10(13)16-7/h2-6H,1H3,(H2,13,16)(H,15,17). The Bertz CT molecular complexity index is 572. The summed E-state index contributed by atoms with van der Waals surface area (Å²) in [5.74, 6) is -0.0960. The number of rotatable bonds is 3. The van der Waals surface area contributed by atoms with Gasteiger partial charge in [-0.05, 0) is 19.1 Å². The average Bonchev–Trinajstić information content (AvgIpc) is 2.76. The van der Waals surface area contributed by atoms with Crippen LogP contribution in [-0.2, 0) is 0 Å². The number of carbonyl (C=O) groups is 1. The Kier molecular flexibility index (Phi) is 3.78. The van der Waals surface area contributed by atoms with Crippen LogP contribution in [-0.4, -0.2) is 15.9 Å². The first-order valence-corrected chi connectivity index (χ1v) is 6.39. The second kappa shape index (κ2) is 5.32. The molecule has 0 radical (unpaired) electrons. The van der Waals surface area contributed by atoms with Gasteiger partial charge in [-0.25, -0.2) is 4.98 Å². The molecule has 1 atom stereocenters. The molecule has 2 aromatic rings. The smallest absolute Gasteiger partial charge is 0.272 e. The van der Waals surface area contributed by atoms with Crippen molar-refractivity contribution in [1.82, 2.24) is 15.3 Å². The highest BCUT2D eigenvalue weighted by molar-refractivity contribution is 7.16. The van der Waals surface area contributed by atoms with Crippen LogP contribution in [0.15, 0.2) is 24.5 Å². The summed E-state index contributed by atoms with van der Waals surface area (Å²) in [6, 6.07) is 3.53. The fraction of sp³-hybridized carbons (Fsp3) is 0.182. The van der Waals surface area contributed by atoms with Gasteiger partial charge < -0.3 is 11.1 Å².